The Morgan fingerprint density at radius 2 is 1.82 bits per heavy atom. The van der Waals surface area contributed by atoms with Gasteiger partial charge in [-0.2, -0.15) is 0 Å². The molecule has 0 atom stereocenters. The largest absolute Gasteiger partial charge is 0.365 e. The van der Waals surface area contributed by atoms with Crippen LogP contribution < -0.4 is 9.62 Å². The molecule has 0 spiro atoms. The second-order valence-corrected chi connectivity index (χ2v) is 8.32. The summed E-state index contributed by atoms with van der Waals surface area (Å²) in [7, 11) is 1.31. The van der Waals surface area contributed by atoms with E-state index in [0.717, 1.165) is 6.07 Å². The molecule has 2 aromatic carbocycles. The van der Waals surface area contributed by atoms with Crippen molar-refractivity contribution >= 4 is 21.4 Å². The van der Waals surface area contributed by atoms with Crippen molar-refractivity contribution in [2.24, 2.45) is 0 Å². The van der Waals surface area contributed by atoms with E-state index in [2.05, 4.69) is 4.72 Å². The Kier molecular flexibility index (Phi) is 7.05. The molecule has 8 nitrogen and oxygen atoms in total. The summed E-state index contributed by atoms with van der Waals surface area (Å²) >= 11 is 0. The van der Waals surface area contributed by atoms with E-state index in [1.165, 1.54) is 23.1 Å². The Labute approximate surface area is 163 Å². The molecule has 10 heteroatoms. The zero-order chi connectivity index (χ0) is 20.9. The lowest BCUT2D eigenvalue weighted by Crippen LogP contribution is -2.31. The summed E-state index contributed by atoms with van der Waals surface area (Å²) in [5.41, 5.74) is 0.205. The van der Waals surface area contributed by atoms with E-state index in [0.29, 0.717) is 12.1 Å². The molecule has 0 unspecified atom stereocenters. The molecule has 0 fully saturated rings. The first-order valence-corrected chi connectivity index (χ1v) is 9.97. The summed E-state index contributed by atoms with van der Waals surface area (Å²) in [6, 6.07) is 9.82. The fraction of sp³-hybridized carbons (Fsp3) is 0.333. The van der Waals surface area contributed by atoms with Crippen molar-refractivity contribution in [1.29, 1.82) is 0 Å². The predicted molar refractivity (Wildman–Crippen MR) is 105 cm³/mol. The van der Waals surface area contributed by atoms with Crippen LogP contribution in [0.15, 0.2) is 47.4 Å². The van der Waals surface area contributed by atoms with Crippen LogP contribution >= 0.6 is 0 Å². The fourth-order valence-electron chi connectivity index (χ4n) is 2.59. The third-order valence-electron chi connectivity index (χ3n) is 4.08. The maximum atomic E-state index is 13.9. The van der Waals surface area contributed by atoms with E-state index in [9.17, 15) is 22.9 Å². The molecule has 0 bridgehead atoms. The van der Waals surface area contributed by atoms with Crippen molar-refractivity contribution in [1.82, 2.24) is 9.62 Å². The number of anilines is 1. The van der Waals surface area contributed by atoms with Gasteiger partial charge < -0.3 is 9.80 Å². The molecule has 28 heavy (non-hydrogen) atoms. The Morgan fingerprint density at radius 3 is 2.43 bits per heavy atom. The maximum Gasteiger partial charge on any atom is 0.293 e. The number of nitro benzene ring substituents is 1. The van der Waals surface area contributed by atoms with E-state index < -0.39 is 20.8 Å². The first kappa shape index (κ1) is 21.7. The van der Waals surface area contributed by atoms with Crippen LogP contribution in [0.25, 0.3) is 0 Å². The van der Waals surface area contributed by atoms with Gasteiger partial charge in [0.15, 0.2) is 0 Å². The summed E-state index contributed by atoms with van der Waals surface area (Å²) in [5, 5.41) is 11.5. The van der Waals surface area contributed by atoms with Crippen molar-refractivity contribution in [3.8, 4) is 0 Å². The van der Waals surface area contributed by atoms with Gasteiger partial charge in [-0.25, -0.2) is 17.5 Å². The van der Waals surface area contributed by atoms with Crippen LogP contribution in [0.4, 0.5) is 15.8 Å². The van der Waals surface area contributed by atoms with Crippen LogP contribution in [0, 0.1) is 15.9 Å². The normalized spacial score (nSPS) is 11.6. The number of halogens is 1. The third kappa shape index (κ3) is 5.47. The first-order chi connectivity index (χ1) is 13.1. The molecule has 0 saturated heterocycles. The minimum atomic E-state index is -3.88. The Balaban J connectivity index is 2.30. The van der Waals surface area contributed by atoms with E-state index in [-0.39, 0.29) is 29.4 Å². The van der Waals surface area contributed by atoms with Gasteiger partial charge in [-0.05, 0) is 32.3 Å². The van der Waals surface area contributed by atoms with Crippen molar-refractivity contribution < 1.29 is 17.7 Å². The van der Waals surface area contributed by atoms with Gasteiger partial charge in [0.25, 0.3) is 5.69 Å². The molecule has 1 N–H and O–H groups in total. The molecule has 0 amide bonds. The highest BCUT2D eigenvalue weighted by atomic mass is 32.2. The second-order valence-electron chi connectivity index (χ2n) is 6.56. The molecular weight excluding hydrogens is 387 g/mol. The average molecular weight is 410 g/mol. The number of likely N-dealkylation sites (N-methyl/N-ethyl adjacent to an activating group) is 1. The van der Waals surface area contributed by atoms with E-state index >= 15 is 0 Å². The number of benzene rings is 2. The number of nitro groups is 1. The monoisotopic (exact) mass is 410 g/mol. The Hall–Kier alpha value is -2.56. The van der Waals surface area contributed by atoms with Gasteiger partial charge in [-0.3, -0.25) is 10.1 Å². The first-order valence-electron chi connectivity index (χ1n) is 8.49. The highest BCUT2D eigenvalue weighted by molar-refractivity contribution is 7.89. The number of nitrogens with zero attached hydrogens (tertiary/aromatic N) is 3. The van der Waals surface area contributed by atoms with Crippen molar-refractivity contribution in [3.05, 3.63) is 64.0 Å². The molecular formula is C18H23FN4O4S. The van der Waals surface area contributed by atoms with Gasteiger partial charge in [0.1, 0.15) is 11.5 Å². The zero-order valence-corrected chi connectivity index (χ0v) is 16.7. The summed E-state index contributed by atoms with van der Waals surface area (Å²) in [6.07, 6.45) is 0. The summed E-state index contributed by atoms with van der Waals surface area (Å²) in [6.45, 7) is 0.767. The van der Waals surface area contributed by atoms with Crippen LogP contribution in [0.3, 0.4) is 0 Å². The van der Waals surface area contributed by atoms with Crippen LogP contribution in [-0.2, 0) is 16.6 Å². The van der Waals surface area contributed by atoms with Gasteiger partial charge in [-0.1, -0.05) is 18.2 Å². The Morgan fingerprint density at radius 1 is 1.14 bits per heavy atom. The molecule has 0 heterocycles. The van der Waals surface area contributed by atoms with Crippen LogP contribution in [0.1, 0.15) is 5.56 Å². The smallest absolute Gasteiger partial charge is 0.293 e. The van der Waals surface area contributed by atoms with Crippen molar-refractivity contribution in [2.45, 2.75) is 11.4 Å². The van der Waals surface area contributed by atoms with E-state index in [4.69, 9.17) is 0 Å². The summed E-state index contributed by atoms with van der Waals surface area (Å²) in [5.74, 6) is -0.415. The van der Waals surface area contributed by atoms with Gasteiger partial charge in [0, 0.05) is 38.3 Å². The van der Waals surface area contributed by atoms with Crippen LogP contribution in [-0.4, -0.2) is 52.5 Å². The number of hydrogen-bond acceptors (Lipinski definition) is 6. The van der Waals surface area contributed by atoms with Crippen molar-refractivity contribution in [3.63, 3.8) is 0 Å². The highest BCUT2D eigenvalue weighted by Gasteiger charge is 2.23. The van der Waals surface area contributed by atoms with Gasteiger partial charge in [0.05, 0.1) is 9.82 Å². The maximum absolute atomic E-state index is 13.9. The molecule has 0 radical (unpaired) electrons. The highest BCUT2D eigenvalue weighted by Crippen LogP contribution is 2.31. The minimum absolute atomic E-state index is 0.0979. The lowest BCUT2D eigenvalue weighted by atomic mass is 10.2. The SMILES string of the molecule is CN(C)CCNS(=O)(=O)c1ccc(N(C)Cc2ccccc2F)c([N+](=O)[O-])c1. The molecule has 0 aromatic heterocycles. The van der Waals surface area contributed by atoms with E-state index in [1.807, 2.05) is 4.90 Å². The third-order valence-corrected chi connectivity index (χ3v) is 5.54. The van der Waals surface area contributed by atoms with Crippen LogP contribution in [0.5, 0.6) is 0 Å². The molecule has 2 rings (SSSR count). The van der Waals surface area contributed by atoms with Gasteiger partial charge in [-0.15, -0.1) is 0 Å². The van der Waals surface area contributed by atoms with Crippen molar-refractivity contribution in [2.75, 3.05) is 39.1 Å². The average Bonchev–Trinajstić information content (AvgIpc) is 2.62. The lowest BCUT2D eigenvalue weighted by Gasteiger charge is -2.20. The summed E-state index contributed by atoms with van der Waals surface area (Å²) < 4.78 is 41.1. The number of hydrogen-bond donors (Lipinski definition) is 1. The number of rotatable bonds is 9. The van der Waals surface area contributed by atoms with Gasteiger partial charge in [0.2, 0.25) is 10.0 Å². The molecule has 152 valence electrons. The topological polar surface area (TPSA) is 95.8 Å². The molecule has 0 aliphatic heterocycles. The van der Waals surface area contributed by atoms with Gasteiger partial charge >= 0.3 is 0 Å². The van der Waals surface area contributed by atoms with Crippen LogP contribution in [0.2, 0.25) is 0 Å². The summed E-state index contributed by atoms with van der Waals surface area (Å²) in [4.78, 5) is 14.0. The predicted octanol–water partition coefficient (Wildman–Crippen LogP) is 2.21. The number of sulfonamides is 1. The second kappa shape index (κ2) is 9.09. The zero-order valence-electron chi connectivity index (χ0n) is 15.9. The number of nitrogens with one attached hydrogen (secondary N) is 1. The molecule has 2 aromatic rings. The quantitative estimate of drug-likeness (QED) is 0.503. The minimum Gasteiger partial charge on any atom is -0.365 e. The molecule has 0 aliphatic rings. The fourth-order valence-corrected chi connectivity index (χ4v) is 3.63. The lowest BCUT2D eigenvalue weighted by molar-refractivity contribution is -0.384. The molecule has 0 aliphatic carbocycles. The van der Waals surface area contributed by atoms with E-state index in [1.54, 1.807) is 39.3 Å². The molecule has 0 saturated carbocycles. The Bertz CT molecular complexity index is 950. The standard InChI is InChI=1S/C18H23FN4O4S/c1-21(2)11-10-20-28(26,27)15-8-9-17(18(12-15)23(24)25)22(3)13-14-6-4-5-7-16(14)19/h4-9,12,20H,10-11,13H2,1-3H3.